The van der Waals surface area contributed by atoms with E-state index in [1.54, 1.807) is 15.9 Å². The molecule has 0 saturated heterocycles. The van der Waals surface area contributed by atoms with Crippen molar-refractivity contribution in [1.29, 1.82) is 5.26 Å². The van der Waals surface area contributed by atoms with Crippen molar-refractivity contribution >= 4 is 16.3 Å². The minimum atomic E-state index is 0.448. The van der Waals surface area contributed by atoms with Crippen molar-refractivity contribution in [3.63, 3.8) is 0 Å². The van der Waals surface area contributed by atoms with Gasteiger partial charge in [-0.05, 0) is 12.8 Å². The maximum absolute atomic E-state index is 9.48. The molecule has 2 heterocycles. The van der Waals surface area contributed by atoms with Crippen LogP contribution < -0.4 is 0 Å². The maximum Gasteiger partial charge on any atom is 0.214 e. The highest BCUT2D eigenvalue weighted by Crippen LogP contribution is 2.31. The lowest BCUT2D eigenvalue weighted by Crippen LogP contribution is -1.97. The van der Waals surface area contributed by atoms with Crippen LogP contribution in [0.1, 0.15) is 43.3 Å². The van der Waals surface area contributed by atoms with Gasteiger partial charge in [0, 0.05) is 11.5 Å². The Morgan fingerprint density at radius 2 is 1.95 bits per heavy atom. The molecule has 21 heavy (non-hydrogen) atoms. The first-order chi connectivity index (χ1) is 10.3. The van der Waals surface area contributed by atoms with Gasteiger partial charge in [0.25, 0.3) is 0 Å². The van der Waals surface area contributed by atoms with Gasteiger partial charge in [0.15, 0.2) is 5.69 Å². The summed E-state index contributed by atoms with van der Waals surface area (Å²) in [6.45, 7) is 4.33. The molecule has 5 heteroatoms. The van der Waals surface area contributed by atoms with E-state index >= 15 is 0 Å². The molecule has 0 fully saturated rings. The van der Waals surface area contributed by atoms with Crippen LogP contribution in [0, 0.1) is 11.3 Å². The second-order valence-electron chi connectivity index (χ2n) is 4.93. The molecule has 0 atom stereocenters. The highest BCUT2D eigenvalue weighted by Gasteiger charge is 2.20. The molecular formula is C16H16N4S. The third kappa shape index (κ3) is 2.32. The highest BCUT2D eigenvalue weighted by molar-refractivity contribution is 7.16. The van der Waals surface area contributed by atoms with Crippen LogP contribution in [0.2, 0.25) is 0 Å². The number of fused-ring (bicyclic) bond motifs is 1. The van der Waals surface area contributed by atoms with Gasteiger partial charge >= 0.3 is 0 Å². The van der Waals surface area contributed by atoms with Crippen LogP contribution in [0.25, 0.3) is 16.2 Å². The summed E-state index contributed by atoms with van der Waals surface area (Å²) in [4.78, 5) is 5.42. The smallest absolute Gasteiger partial charge is 0.214 e. The number of imidazole rings is 1. The fraction of sp³-hybridized carbons (Fsp3) is 0.312. The first-order valence-corrected chi connectivity index (χ1v) is 7.95. The Kier molecular flexibility index (Phi) is 3.72. The number of nitrogens with zero attached hydrogens (tertiary/aromatic N) is 4. The average Bonchev–Trinajstić information content (AvgIpc) is 3.06. The van der Waals surface area contributed by atoms with E-state index in [-0.39, 0.29) is 0 Å². The van der Waals surface area contributed by atoms with Crippen molar-refractivity contribution in [2.75, 3.05) is 0 Å². The van der Waals surface area contributed by atoms with Crippen molar-refractivity contribution in [3.05, 3.63) is 41.0 Å². The standard InChI is InChI=1S/C16H16N4S/c1-3-11(4-2)15-19-20-13(10-17)14(18-16(20)21-15)12-8-6-5-7-9-12/h5-9,11H,3-4H2,1-2H3. The summed E-state index contributed by atoms with van der Waals surface area (Å²) in [5.41, 5.74) is 2.19. The van der Waals surface area contributed by atoms with Gasteiger partial charge in [0.1, 0.15) is 16.8 Å². The van der Waals surface area contributed by atoms with E-state index in [1.807, 2.05) is 30.3 Å². The highest BCUT2D eigenvalue weighted by atomic mass is 32.1. The summed E-state index contributed by atoms with van der Waals surface area (Å²) in [5, 5.41) is 15.2. The van der Waals surface area contributed by atoms with Gasteiger partial charge in [0.05, 0.1) is 0 Å². The van der Waals surface area contributed by atoms with Gasteiger partial charge in [-0.2, -0.15) is 14.9 Å². The Balaban J connectivity index is 2.14. The van der Waals surface area contributed by atoms with Crippen molar-refractivity contribution in [3.8, 4) is 17.3 Å². The maximum atomic E-state index is 9.48. The Bertz CT molecular complexity index is 791. The van der Waals surface area contributed by atoms with E-state index in [0.717, 1.165) is 28.4 Å². The topological polar surface area (TPSA) is 54.0 Å². The lowest BCUT2D eigenvalue weighted by molar-refractivity contribution is 0.625. The molecule has 0 amide bonds. The second kappa shape index (κ2) is 5.66. The quantitative estimate of drug-likeness (QED) is 0.724. The van der Waals surface area contributed by atoms with Gasteiger partial charge in [-0.3, -0.25) is 0 Å². The van der Waals surface area contributed by atoms with Crippen LogP contribution in [0.3, 0.4) is 0 Å². The molecule has 1 aromatic carbocycles. The van der Waals surface area contributed by atoms with Crippen molar-refractivity contribution in [2.24, 2.45) is 0 Å². The Labute approximate surface area is 127 Å². The zero-order valence-corrected chi connectivity index (χ0v) is 12.9. The molecule has 0 N–H and O–H groups in total. The second-order valence-corrected chi connectivity index (χ2v) is 5.92. The Hall–Kier alpha value is -2.19. The predicted octanol–water partition coefficient (Wildman–Crippen LogP) is 4.23. The molecule has 0 aliphatic rings. The predicted molar refractivity (Wildman–Crippen MR) is 84.3 cm³/mol. The Morgan fingerprint density at radius 3 is 2.57 bits per heavy atom. The number of rotatable bonds is 4. The summed E-state index contributed by atoms with van der Waals surface area (Å²) in [6.07, 6.45) is 2.11. The largest absolute Gasteiger partial charge is 0.216 e. The summed E-state index contributed by atoms with van der Waals surface area (Å²) in [5.74, 6) is 0.448. The summed E-state index contributed by atoms with van der Waals surface area (Å²) < 4.78 is 1.70. The third-order valence-electron chi connectivity index (χ3n) is 3.71. The minimum Gasteiger partial charge on any atom is -0.216 e. The fourth-order valence-corrected chi connectivity index (χ4v) is 3.63. The van der Waals surface area contributed by atoms with Gasteiger partial charge in [-0.15, -0.1) is 0 Å². The molecule has 4 nitrogen and oxygen atoms in total. The molecule has 0 bridgehead atoms. The van der Waals surface area contributed by atoms with Crippen LogP contribution in [0.15, 0.2) is 30.3 Å². The van der Waals surface area contributed by atoms with Gasteiger partial charge in [0.2, 0.25) is 4.96 Å². The summed E-state index contributed by atoms with van der Waals surface area (Å²) in [6, 6.07) is 12.0. The molecule has 2 aromatic heterocycles. The third-order valence-corrected chi connectivity index (χ3v) is 4.78. The number of hydrogen-bond acceptors (Lipinski definition) is 4. The number of aromatic nitrogens is 3. The number of benzene rings is 1. The lowest BCUT2D eigenvalue weighted by atomic mass is 10.1. The number of hydrogen-bond donors (Lipinski definition) is 0. The Morgan fingerprint density at radius 1 is 1.24 bits per heavy atom. The zero-order chi connectivity index (χ0) is 14.8. The molecule has 3 aromatic rings. The van der Waals surface area contributed by atoms with Crippen LogP contribution in [0.5, 0.6) is 0 Å². The monoisotopic (exact) mass is 296 g/mol. The van der Waals surface area contributed by atoms with Gasteiger partial charge in [-0.25, -0.2) is 4.98 Å². The first-order valence-electron chi connectivity index (χ1n) is 7.13. The first kappa shape index (κ1) is 13.8. The fourth-order valence-electron chi connectivity index (χ4n) is 2.46. The molecule has 0 radical (unpaired) electrons. The normalized spacial score (nSPS) is 11.1. The van der Waals surface area contributed by atoms with Crippen LogP contribution in [-0.2, 0) is 0 Å². The van der Waals surface area contributed by atoms with E-state index in [2.05, 4.69) is 30.0 Å². The van der Waals surface area contributed by atoms with Crippen LogP contribution >= 0.6 is 11.3 Å². The SMILES string of the molecule is CCC(CC)c1nn2c(C#N)c(-c3ccccc3)nc2s1. The molecule has 3 rings (SSSR count). The van der Waals surface area contributed by atoms with Crippen LogP contribution in [0.4, 0.5) is 0 Å². The molecule has 0 unspecified atom stereocenters. The van der Waals surface area contributed by atoms with E-state index in [1.165, 1.54) is 0 Å². The molecular weight excluding hydrogens is 280 g/mol. The number of nitriles is 1. The van der Waals surface area contributed by atoms with Crippen LogP contribution in [-0.4, -0.2) is 14.6 Å². The minimum absolute atomic E-state index is 0.448. The van der Waals surface area contributed by atoms with Crippen molar-refractivity contribution < 1.29 is 0 Å². The molecule has 0 aliphatic carbocycles. The molecule has 0 aliphatic heterocycles. The van der Waals surface area contributed by atoms with Crippen molar-refractivity contribution in [1.82, 2.24) is 14.6 Å². The lowest BCUT2D eigenvalue weighted by Gasteiger charge is -2.06. The summed E-state index contributed by atoms with van der Waals surface area (Å²) in [7, 11) is 0. The van der Waals surface area contributed by atoms with Crippen molar-refractivity contribution in [2.45, 2.75) is 32.6 Å². The van der Waals surface area contributed by atoms with E-state index in [9.17, 15) is 5.26 Å². The van der Waals surface area contributed by atoms with E-state index in [4.69, 9.17) is 0 Å². The zero-order valence-electron chi connectivity index (χ0n) is 12.1. The van der Waals surface area contributed by atoms with Gasteiger partial charge in [-0.1, -0.05) is 55.5 Å². The summed E-state index contributed by atoms with van der Waals surface area (Å²) >= 11 is 1.59. The molecule has 0 saturated carbocycles. The van der Waals surface area contributed by atoms with Gasteiger partial charge < -0.3 is 0 Å². The average molecular weight is 296 g/mol. The molecule has 106 valence electrons. The molecule has 0 spiro atoms. The van der Waals surface area contributed by atoms with E-state index in [0.29, 0.717) is 17.3 Å². The van der Waals surface area contributed by atoms with E-state index < -0.39 is 0 Å².